The lowest BCUT2D eigenvalue weighted by molar-refractivity contribution is -0.277. The summed E-state index contributed by atoms with van der Waals surface area (Å²) in [6.07, 6.45) is -8.20. The molecule has 7 N–H and O–H groups in total. The van der Waals surface area contributed by atoms with E-state index in [1.54, 1.807) is 0 Å². The van der Waals surface area contributed by atoms with E-state index < -0.39 is 60.0 Å². The molecule has 0 saturated carbocycles. The number of ether oxygens (including phenoxy) is 3. The third kappa shape index (κ3) is 3.97. The summed E-state index contributed by atoms with van der Waals surface area (Å²) in [7, 11) is 1.35. The van der Waals surface area contributed by atoms with E-state index in [0.29, 0.717) is 5.56 Å². The average molecular weight is 478 g/mol. The summed E-state index contributed by atoms with van der Waals surface area (Å²) >= 11 is 0. The topological polar surface area (TPSA) is 200 Å². The molecule has 1 saturated heterocycles. The Morgan fingerprint density at radius 1 is 0.971 bits per heavy atom. The molecule has 1 aliphatic rings. The van der Waals surface area contributed by atoms with Gasteiger partial charge in [0.2, 0.25) is 12.0 Å². The number of aliphatic hydroxyl groups excluding tert-OH is 4. The van der Waals surface area contributed by atoms with Crippen molar-refractivity contribution in [1.82, 2.24) is 0 Å². The van der Waals surface area contributed by atoms with Gasteiger partial charge in [0.1, 0.15) is 41.1 Å². The van der Waals surface area contributed by atoms with Crippen molar-refractivity contribution in [3.8, 4) is 40.1 Å². The van der Waals surface area contributed by atoms with E-state index in [0.717, 1.165) is 12.1 Å². The standard InChI is InChI=1S/C22H22O12/c1-31-13-4-8(2-3-9(13)24)12-5-10(25)16-14(32-12)6-11(26)21(18(16)28)34-22-20(30)19(29)17(27)15(7-23)33-22/h2-6,15,17,19-20,22-24,26-30H,7H2,1H3/t15-,17-,19+,20-,22+/m1/s1. The van der Waals surface area contributed by atoms with Crippen LogP contribution in [0.15, 0.2) is 39.5 Å². The Hall–Kier alpha value is -3.55. The largest absolute Gasteiger partial charge is 0.504 e. The van der Waals surface area contributed by atoms with E-state index in [2.05, 4.69) is 0 Å². The third-order valence-electron chi connectivity index (χ3n) is 5.47. The summed E-state index contributed by atoms with van der Waals surface area (Å²) in [5.74, 6) is -2.10. The highest BCUT2D eigenvalue weighted by atomic mass is 16.7. The second kappa shape index (κ2) is 9.00. The van der Waals surface area contributed by atoms with Gasteiger partial charge in [-0.05, 0) is 18.2 Å². The first kappa shape index (κ1) is 23.6. The molecule has 1 fully saturated rings. The summed E-state index contributed by atoms with van der Waals surface area (Å²) in [6.45, 7) is -0.713. The Bertz CT molecular complexity index is 1270. The normalized spacial score (nSPS) is 24.8. The number of fused-ring (bicyclic) bond motifs is 1. The van der Waals surface area contributed by atoms with Crippen molar-refractivity contribution < 1.29 is 54.4 Å². The first-order chi connectivity index (χ1) is 16.2. The molecule has 5 atom stereocenters. The molecule has 2 aromatic carbocycles. The van der Waals surface area contributed by atoms with E-state index in [1.807, 2.05) is 0 Å². The number of phenols is 3. The van der Waals surface area contributed by atoms with Gasteiger partial charge in [-0.1, -0.05) is 0 Å². The fourth-order valence-corrected chi connectivity index (χ4v) is 3.64. The predicted octanol–water partition coefficient (Wildman–Crippen LogP) is -0.236. The lowest BCUT2D eigenvalue weighted by atomic mass is 9.99. The van der Waals surface area contributed by atoms with Crippen molar-refractivity contribution in [2.75, 3.05) is 13.7 Å². The Morgan fingerprint density at radius 3 is 2.38 bits per heavy atom. The Labute approximate surface area is 191 Å². The molecule has 34 heavy (non-hydrogen) atoms. The first-order valence-corrected chi connectivity index (χ1v) is 10.0. The molecular weight excluding hydrogens is 456 g/mol. The van der Waals surface area contributed by atoms with Crippen LogP contribution in [-0.2, 0) is 4.74 Å². The molecule has 12 heteroatoms. The molecule has 0 bridgehead atoms. The minimum atomic E-state index is -1.81. The van der Waals surface area contributed by atoms with Gasteiger partial charge < -0.3 is 54.4 Å². The predicted molar refractivity (Wildman–Crippen MR) is 114 cm³/mol. The summed E-state index contributed by atoms with van der Waals surface area (Å²) in [4.78, 5) is 12.8. The minimum Gasteiger partial charge on any atom is -0.504 e. The average Bonchev–Trinajstić information content (AvgIpc) is 2.81. The summed E-state index contributed by atoms with van der Waals surface area (Å²) < 4.78 is 21.2. The molecule has 0 spiro atoms. The molecule has 3 aromatic rings. The smallest absolute Gasteiger partial charge is 0.229 e. The first-order valence-electron chi connectivity index (χ1n) is 10.0. The van der Waals surface area contributed by atoms with Gasteiger partial charge in [-0.3, -0.25) is 4.79 Å². The molecule has 0 amide bonds. The summed E-state index contributed by atoms with van der Waals surface area (Å²) in [6, 6.07) is 6.30. The van der Waals surface area contributed by atoms with Crippen LogP contribution in [-0.4, -0.2) is 80.2 Å². The van der Waals surface area contributed by atoms with Crippen molar-refractivity contribution in [3.63, 3.8) is 0 Å². The van der Waals surface area contributed by atoms with E-state index in [1.165, 1.54) is 25.3 Å². The van der Waals surface area contributed by atoms with Crippen LogP contribution in [0, 0.1) is 0 Å². The highest BCUT2D eigenvalue weighted by Crippen LogP contribution is 2.43. The van der Waals surface area contributed by atoms with E-state index >= 15 is 0 Å². The van der Waals surface area contributed by atoms with Crippen LogP contribution in [0.2, 0.25) is 0 Å². The molecule has 1 aliphatic heterocycles. The fraction of sp³-hybridized carbons (Fsp3) is 0.318. The van der Waals surface area contributed by atoms with Crippen LogP contribution in [0.3, 0.4) is 0 Å². The molecule has 1 aromatic heterocycles. The van der Waals surface area contributed by atoms with Gasteiger partial charge in [-0.15, -0.1) is 0 Å². The summed E-state index contributed by atoms with van der Waals surface area (Å²) in [5.41, 5.74) is -0.542. The SMILES string of the molecule is COc1cc(-c2cc(=O)c3c(O)c(O[C@@H]4O[C@H](CO)[C@@H](O)[C@H](O)[C@H]4O)c(O)cc3o2)ccc1O. The number of methoxy groups -OCH3 is 1. The zero-order valence-electron chi connectivity index (χ0n) is 17.7. The molecule has 0 unspecified atom stereocenters. The Morgan fingerprint density at radius 2 is 1.71 bits per heavy atom. The molecule has 12 nitrogen and oxygen atoms in total. The highest BCUT2D eigenvalue weighted by molar-refractivity contribution is 5.89. The number of hydrogen-bond acceptors (Lipinski definition) is 12. The minimum absolute atomic E-state index is 0.0530. The number of rotatable bonds is 5. The maximum Gasteiger partial charge on any atom is 0.229 e. The quantitative estimate of drug-likeness (QED) is 0.254. The van der Waals surface area contributed by atoms with Crippen LogP contribution in [0.4, 0.5) is 0 Å². The van der Waals surface area contributed by atoms with Gasteiger partial charge >= 0.3 is 0 Å². The van der Waals surface area contributed by atoms with E-state index in [9.17, 15) is 40.5 Å². The molecule has 0 aliphatic carbocycles. The zero-order valence-corrected chi connectivity index (χ0v) is 17.7. The van der Waals surface area contributed by atoms with Gasteiger partial charge in [0.25, 0.3) is 0 Å². The number of phenolic OH excluding ortho intramolecular Hbond substituents is 3. The van der Waals surface area contributed by atoms with Gasteiger partial charge in [0, 0.05) is 17.7 Å². The third-order valence-corrected chi connectivity index (χ3v) is 5.47. The maximum absolute atomic E-state index is 12.8. The molecule has 2 heterocycles. The highest BCUT2D eigenvalue weighted by Gasteiger charge is 2.45. The van der Waals surface area contributed by atoms with Crippen molar-refractivity contribution >= 4 is 11.0 Å². The monoisotopic (exact) mass is 478 g/mol. The lowest BCUT2D eigenvalue weighted by Crippen LogP contribution is -2.60. The maximum atomic E-state index is 12.8. The van der Waals surface area contributed by atoms with E-state index in [4.69, 9.17) is 18.6 Å². The van der Waals surface area contributed by atoms with E-state index in [-0.39, 0.29) is 28.2 Å². The second-order valence-electron chi connectivity index (χ2n) is 7.62. The van der Waals surface area contributed by atoms with Crippen molar-refractivity contribution in [1.29, 1.82) is 0 Å². The van der Waals surface area contributed by atoms with Crippen LogP contribution < -0.4 is 14.9 Å². The van der Waals surface area contributed by atoms with Crippen molar-refractivity contribution in [3.05, 3.63) is 40.6 Å². The molecular formula is C22H22O12. The molecule has 4 rings (SSSR count). The number of benzene rings is 2. The van der Waals surface area contributed by atoms with Gasteiger partial charge in [-0.25, -0.2) is 0 Å². The Balaban J connectivity index is 1.75. The fourth-order valence-electron chi connectivity index (χ4n) is 3.64. The van der Waals surface area contributed by atoms with Crippen LogP contribution in [0.5, 0.6) is 28.7 Å². The van der Waals surface area contributed by atoms with Gasteiger partial charge in [-0.2, -0.15) is 0 Å². The van der Waals surface area contributed by atoms with Crippen LogP contribution in [0.1, 0.15) is 0 Å². The van der Waals surface area contributed by atoms with Gasteiger partial charge in [0.15, 0.2) is 28.4 Å². The number of aliphatic hydroxyl groups is 4. The molecule has 182 valence electrons. The van der Waals surface area contributed by atoms with Gasteiger partial charge in [0.05, 0.1) is 13.7 Å². The zero-order chi connectivity index (χ0) is 24.7. The molecule has 0 radical (unpaired) electrons. The second-order valence-corrected chi connectivity index (χ2v) is 7.62. The summed E-state index contributed by atoms with van der Waals surface area (Å²) in [5, 5.41) is 69.7. The van der Waals surface area contributed by atoms with Crippen molar-refractivity contribution in [2.24, 2.45) is 0 Å². The van der Waals surface area contributed by atoms with Crippen molar-refractivity contribution in [2.45, 2.75) is 30.7 Å². The Kier molecular flexibility index (Phi) is 6.25. The lowest BCUT2D eigenvalue weighted by Gasteiger charge is -2.39. The van der Waals surface area contributed by atoms with Crippen LogP contribution in [0.25, 0.3) is 22.3 Å². The van der Waals surface area contributed by atoms with Crippen LogP contribution >= 0.6 is 0 Å². The number of aromatic hydroxyl groups is 3. The number of hydrogen-bond donors (Lipinski definition) is 7.